The average Bonchev–Trinajstić information content (AvgIpc) is 3.00. The molecule has 3 rings (SSSR count). The van der Waals surface area contributed by atoms with Gasteiger partial charge < -0.3 is 10.2 Å². The molecule has 1 heterocycles. The molecule has 0 bridgehead atoms. The number of carbonyl (C=O) groups excluding carboxylic acids is 2. The van der Waals surface area contributed by atoms with Gasteiger partial charge in [-0.2, -0.15) is 0 Å². The number of amides is 2. The molecule has 0 aliphatic carbocycles. The van der Waals surface area contributed by atoms with Crippen molar-refractivity contribution in [2.75, 3.05) is 11.4 Å². The Morgan fingerprint density at radius 2 is 1.80 bits per heavy atom. The van der Waals surface area contributed by atoms with E-state index >= 15 is 0 Å². The molecule has 1 aliphatic heterocycles. The molecule has 25 heavy (non-hydrogen) atoms. The van der Waals surface area contributed by atoms with Gasteiger partial charge >= 0.3 is 0 Å². The lowest BCUT2D eigenvalue weighted by atomic mass is 9.90. The molecule has 0 fully saturated rings. The number of anilines is 1. The van der Waals surface area contributed by atoms with Gasteiger partial charge in [0.1, 0.15) is 0 Å². The molecular weight excluding hydrogens is 312 g/mol. The summed E-state index contributed by atoms with van der Waals surface area (Å²) in [7, 11) is 0. The maximum atomic E-state index is 13.0. The van der Waals surface area contributed by atoms with E-state index in [2.05, 4.69) is 25.2 Å². The van der Waals surface area contributed by atoms with Gasteiger partial charge in [-0.25, -0.2) is 0 Å². The molecule has 4 heteroatoms. The van der Waals surface area contributed by atoms with Crippen molar-refractivity contribution in [3.63, 3.8) is 0 Å². The summed E-state index contributed by atoms with van der Waals surface area (Å²) in [4.78, 5) is 25.9. The minimum absolute atomic E-state index is 0.0293. The van der Waals surface area contributed by atoms with Crippen LogP contribution >= 0.6 is 0 Å². The predicted molar refractivity (Wildman–Crippen MR) is 99.7 cm³/mol. The molecule has 0 spiro atoms. The van der Waals surface area contributed by atoms with Crippen molar-refractivity contribution in [3.05, 3.63) is 65.2 Å². The van der Waals surface area contributed by atoms with Gasteiger partial charge in [-0.05, 0) is 35.2 Å². The van der Waals surface area contributed by atoms with Crippen molar-refractivity contribution in [1.29, 1.82) is 0 Å². The fourth-order valence-corrected chi connectivity index (χ4v) is 3.35. The lowest BCUT2D eigenvalue weighted by molar-refractivity contribution is -0.119. The van der Waals surface area contributed by atoms with Crippen molar-refractivity contribution in [3.8, 4) is 0 Å². The van der Waals surface area contributed by atoms with Gasteiger partial charge in [-0.3, -0.25) is 9.59 Å². The van der Waals surface area contributed by atoms with Crippen LogP contribution in [0.25, 0.3) is 0 Å². The molecule has 130 valence electrons. The lowest BCUT2D eigenvalue weighted by Gasteiger charge is -2.19. The first-order valence-corrected chi connectivity index (χ1v) is 8.71. The van der Waals surface area contributed by atoms with E-state index in [1.54, 1.807) is 0 Å². The van der Waals surface area contributed by atoms with Gasteiger partial charge in [0.25, 0.3) is 5.91 Å². The third-order valence-electron chi connectivity index (χ3n) is 4.80. The Morgan fingerprint density at radius 3 is 2.44 bits per heavy atom. The largest absolute Gasteiger partial charge is 0.352 e. The fourth-order valence-electron chi connectivity index (χ4n) is 3.35. The Morgan fingerprint density at radius 1 is 1.12 bits per heavy atom. The number of benzene rings is 2. The molecule has 0 aromatic heterocycles. The Kier molecular flexibility index (Phi) is 4.88. The van der Waals surface area contributed by atoms with Crippen molar-refractivity contribution in [2.45, 2.75) is 33.2 Å². The Labute approximate surface area is 148 Å². The van der Waals surface area contributed by atoms with E-state index in [1.807, 2.05) is 47.4 Å². The monoisotopic (exact) mass is 336 g/mol. The van der Waals surface area contributed by atoms with Gasteiger partial charge in [-0.1, -0.05) is 44.2 Å². The van der Waals surface area contributed by atoms with Gasteiger partial charge in [0.2, 0.25) is 5.91 Å². The highest BCUT2D eigenvalue weighted by atomic mass is 16.2. The summed E-state index contributed by atoms with van der Waals surface area (Å²) in [6.45, 7) is 7.10. The molecule has 1 aliphatic rings. The molecule has 0 unspecified atom stereocenters. The van der Waals surface area contributed by atoms with Crippen LogP contribution in [0.3, 0.4) is 0 Å². The van der Waals surface area contributed by atoms with E-state index in [9.17, 15) is 9.59 Å². The Balaban J connectivity index is 1.80. The van der Waals surface area contributed by atoms with Crippen molar-refractivity contribution >= 4 is 17.5 Å². The van der Waals surface area contributed by atoms with Gasteiger partial charge in [0.05, 0.1) is 0 Å². The average molecular weight is 336 g/mol. The van der Waals surface area contributed by atoms with E-state index in [-0.39, 0.29) is 11.8 Å². The van der Waals surface area contributed by atoms with Crippen LogP contribution in [0.1, 0.15) is 48.2 Å². The summed E-state index contributed by atoms with van der Waals surface area (Å²) in [5.74, 6) is 0.827. The number of hydrogen-bond acceptors (Lipinski definition) is 2. The van der Waals surface area contributed by atoms with Crippen molar-refractivity contribution in [2.24, 2.45) is 5.92 Å². The summed E-state index contributed by atoms with van der Waals surface area (Å²) in [6, 6.07) is 15.6. The first kappa shape index (κ1) is 17.2. The molecular formula is C21H24N2O2. The molecule has 0 saturated heterocycles. The Bertz CT molecular complexity index is 781. The zero-order valence-corrected chi connectivity index (χ0v) is 15.0. The number of fused-ring (bicyclic) bond motifs is 1. The maximum absolute atomic E-state index is 13.0. The smallest absolute Gasteiger partial charge is 0.258 e. The minimum Gasteiger partial charge on any atom is -0.352 e. The maximum Gasteiger partial charge on any atom is 0.258 e. The highest BCUT2D eigenvalue weighted by Crippen LogP contribution is 2.40. The van der Waals surface area contributed by atoms with Crippen LogP contribution < -0.4 is 10.2 Å². The third kappa shape index (κ3) is 3.58. The number of rotatable bonds is 4. The molecule has 0 saturated carbocycles. The van der Waals surface area contributed by atoms with Crippen molar-refractivity contribution in [1.82, 2.24) is 5.32 Å². The van der Waals surface area contributed by atoms with E-state index in [0.29, 0.717) is 23.9 Å². The van der Waals surface area contributed by atoms with E-state index < -0.39 is 0 Å². The number of hydrogen-bond donors (Lipinski definition) is 1. The van der Waals surface area contributed by atoms with Crippen LogP contribution in [0, 0.1) is 5.92 Å². The zero-order chi connectivity index (χ0) is 18.0. The quantitative estimate of drug-likeness (QED) is 0.925. The standard InChI is InChI=1S/C21H24N2O2/c1-14(2)19-13-23(20-7-5-4-6-18(19)20)21(25)17-10-8-16(9-11-17)12-22-15(3)24/h4-11,14,19H,12-13H2,1-3H3,(H,22,24)/t19-/m1/s1. The van der Waals surface area contributed by atoms with E-state index in [0.717, 1.165) is 17.8 Å². The predicted octanol–water partition coefficient (Wildman–Crippen LogP) is 3.72. The summed E-state index contributed by atoms with van der Waals surface area (Å²) in [5.41, 5.74) is 3.93. The topological polar surface area (TPSA) is 49.4 Å². The number of carbonyl (C=O) groups is 2. The summed E-state index contributed by atoms with van der Waals surface area (Å²) in [5, 5.41) is 2.76. The summed E-state index contributed by atoms with van der Waals surface area (Å²) >= 11 is 0. The van der Waals surface area contributed by atoms with Crippen LogP contribution in [0.5, 0.6) is 0 Å². The number of nitrogens with one attached hydrogen (secondary N) is 1. The van der Waals surface area contributed by atoms with Gasteiger partial charge in [0.15, 0.2) is 0 Å². The summed E-state index contributed by atoms with van der Waals surface area (Å²) < 4.78 is 0. The minimum atomic E-state index is -0.0615. The van der Waals surface area contributed by atoms with Crippen LogP contribution in [0.15, 0.2) is 48.5 Å². The molecule has 0 radical (unpaired) electrons. The van der Waals surface area contributed by atoms with Crippen LogP contribution in [-0.4, -0.2) is 18.4 Å². The highest BCUT2D eigenvalue weighted by molar-refractivity contribution is 6.07. The molecule has 2 aromatic carbocycles. The molecule has 1 N–H and O–H groups in total. The first-order chi connectivity index (χ1) is 12.0. The van der Waals surface area contributed by atoms with Crippen LogP contribution in [0.4, 0.5) is 5.69 Å². The second-order valence-electron chi connectivity index (χ2n) is 6.93. The number of nitrogens with zero attached hydrogens (tertiary/aromatic N) is 1. The highest BCUT2D eigenvalue weighted by Gasteiger charge is 2.33. The van der Waals surface area contributed by atoms with Crippen molar-refractivity contribution < 1.29 is 9.59 Å². The summed E-state index contributed by atoms with van der Waals surface area (Å²) in [6.07, 6.45) is 0. The second-order valence-corrected chi connectivity index (χ2v) is 6.93. The zero-order valence-electron chi connectivity index (χ0n) is 15.0. The molecule has 2 aromatic rings. The van der Waals surface area contributed by atoms with E-state index in [4.69, 9.17) is 0 Å². The third-order valence-corrected chi connectivity index (χ3v) is 4.80. The van der Waals surface area contributed by atoms with E-state index in [1.165, 1.54) is 12.5 Å². The number of para-hydroxylation sites is 1. The Hall–Kier alpha value is -2.62. The lowest BCUT2D eigenvalue weighted by Crippen LogP contribution is -2.30. The molecule has 1 atom stereocenters. The first-order valence-electron chi connectivity index (χ1n) is 8.71. The molecule has 4 nitrogen and oxygen atoms in total. The SMILES string of the molecule is CC(=O)NCc1ccc(C(=O)N2C[C@H](C(C)C)c3ccccc32)cc1. The van der Waals surface area contributed by atoms with Gasteiger partial charge in [-0.15, -0.1) is 0 Å². The molecule has 2 amide bonds. The van der Waals surface area contributed by atoms with Crippen LogP contribution in [0.2, 0.25) is 0 Å². The fraction of sp³-hybridized carbons (Fsp3) is 0.333. The second kappa shape index (κ2) is 7.09. The van der Waals surface area contributed by atoms with Gasteiger partial charge in [0, 0.05) is 37.2 Å². The van der Waals surface area contributed by atoms with Crippen LogP contribution in [-0.2, 0) is 11.3 Å². The normalized spacial score (nSPS) is 16.0.